The number of para-hydroxylation sites is 1. The molecule has 1 saturated carbocycles. The largest absolute Gasteiger partial charge is 0.453 e. The van der Waals surface area contributed by atoms with Crippen LogP contribution in [-0.2, 0) is 4.79 Å². The lowest BCUT2D eigenvalue weighted by atomic mass is 9.73. The molecule has 6 heteroatoms. The summed E-state index contributed by atoms with van der Waals surface area (Å²) in [6.45, 7) is 1.70. The summed E-state index contributed by atoms with van der Waals surface area (Å²) in [5, 5.41) is 3.68. The van der Waals surface area contributed by atoms with Crippen LogP contribution in [0.3, 0.4) is 0 Å². The van der Waals surface area contributed by atoms with Crippen LogP contribution in [0.4, 0.5) is 4.79 Å². The second kappa shape index (κ2) is 5.72. The number of rotatable bonds is 3. The molecule has 1 aromatic heterocycles. The number of hydrogen-bond acceptors (Lipinski definition) is 4. The summed E-state index contributed by atoms with van der Waals surface area (Å²) in [4.78, 5) is 38.8. The van der Waals surface area contributed by atoms with Crippen molar-refractivity contribution in [2.45, 2.75) is 38.1 Å². The molecule has 0 bridgehead atoms. The predicted molar refractivity (Wildman–Crippen MR) is 91.2 cm³/mol. The third-order valence-corrected chi connectivity index (χ3v) is 5.50. The van der Waals surface area contributed by atoms with Crippen molar-refractivity contribution >= 4 is 28.7 Å². The average molecular weight is 340 g/mol. The maximum absolute atomic E-state index is 12.9. The number of nitrogens with zero attached hydrogens (tertiary/aromatic N) is 1. The Balaban J connectivity index is 1.56. The van der Waals surface area contributed by atoms with Gasteiger partial charge in [0.15, 0.2) is 5.76 Å². The molecular weight excluding hydrogens is 320 g/mol. The molecule has 1 aliphatic carbocycles. The van der Waals surface area contributed by atoms with Crippen LogP contribution < -0.4 is 5.32 Å². The van der Waals surface area contributed by atoms with Gasteiger partial charge in [-0.25, -0.2) is 4.79 Å². The molecular formula is C19H20N2O4. The summed E-state index contributed by atoms with van der Waals surface area (Å²) < 4.78 is 5.55. The first-order valence-corrected chi connectivity index (χ1v) is 8.67. The van der Waals surface area contributed by atoms with Crippen LogP contribution in [0, 0.1) is 5.92 Å². The number of hydrogen-bond donors (Lipinski definition) is 1. The number of urea groups is 1. The molecule has 1 aromatic carbocycles. The normalized spacial score (nSPS) is 26.4. The van der Waals surface area contributed by atoms with Gasteiger partial charge in [-0.3, -0.25) is 14.5 Å². The van der Waals surface area contributed by atoms with Crippen LogP contribution in [0.15, 0.2) is 34.7 Å². The van der Waals surface area contributed by atoms with E-state index in [0.29, 0.717) is 12.0 Å². The number of amides is 3. The molecule has 2 aromatic rings. The summed E-state index contributed by atoms with van der Waals surface area (Å²) in [5.74, 6) is -0.419. The molecule has 6 nitrogen and oxygen atoms in total. The van der Waals surface area contributed by atoms with Crippen molar-refractivity contribution in [3.63, 3.8) is 0 Å². The molecule has 1 saturated heterocycles. The standard InChI is InChI=1S/C19H20N2O4/c1-12-6-4-5-9-19(12)17(23)21(18(24)20-19)11-14(22)16-10-13-7-2-3-8-15(13)25-16/h2-3,7-8,10,12H,4-6,9,11H2,1H3,(H,20,24). The van der Waals surface area contributed by atoms with Crippen molar-refractivity contribution < 1.29 is 18.8 Å². The minimum absolute atomic E-state index is 0.0732. The zero-order valence-electron chi connectivity index (χ0n) is 14.1. The van der Waals surface area contributed by atoms with E-state index in [2.05, 4.69) is 5.32 Å². The third-order valence-electron chi connectivity index (χ3n) is 5.50. The van der Waals surface area contributed by atoms with E-state index in [9.17, 15) is 14.4 Å². The minimum atomic E-state index is -0.844. The van der Waals surface area contributed by atoms with Crippen LogP contribution in [0.1, 0.15) is 43.2 Å². The van der Waals surface area contributed by atoms with Gasteiger partial charge in [0.05, 0.1) is 6.54 Å². The molecule has 130 valence electrons. The molecule has 2 unspecified atom stereocenters. The summed E-state index contributed by atoms with van der Waals surface area (Å²) in [6, 6.07) is 8.47. The number of fused-ring (bicyclic) bond motifs is 1. The van der Waals surface area contributed by atoms with Crippen molar-refractivity contribution in [3.05, 3.63) is 36.1 Å². The lowest BCUT2D eigenvalue weighted by Gasteiger charge is -2.36. The Hall–Kier alpha value is -2.63. The van der Waals surface area contributed by atoms with Gasteiger partial charge in [-0.15, -0.1) is 0 Å². The predicted octanol–water partition coefficient (Wildman–Crippen LogP) is 3.12. The summed E-state index contributed by atoms with van der Waals surface area (Å²) in [5.41, 5.74) is -0.232. The zero-order valence-corrected chi connectivity index (χ0v) is 14.1. The van der Waals surface area contributed by atoms with Crippen LogP contribution in [-0.4, -0.2) is 34.7 Å². The summed E-state index contributed by atoms with van der Waals surface area (Å²) in [7, 11) is 0. The van der Waals surface area contributed by atoms with Gasteiger partial charge in [0.25, 0.3) is 5.91 Å². The molecule has 1 aliphatic heterocycles. The van der Waals surface area contributed by atoms with E-state index in [-0.39, 0.29) is 29.9 Å². The second-order valence-corrected chi connectivity index (χ2v) is 7.01. The van der Waals surface area contributed by atoms with Crippen molar-refractivity contribution in [1.82, 2.24) is 10.2 Å². The van der Waals surface area contributed by atoms with E-state index >= 15 is 0 Å². The van der Waals surface area contributed by atoms with Gasteiger partial charge < -0.3 is 9.73 Å². The van der Waals surface area contributed by atoms with Crippen LogP contribution in [0.5, 0.6) is 0 Å². The lowest BCUT2D eigenvalue weighted by molar-refractivity contribution is -0.133. The van der Waals surface area contributed by atoms with E-state index in [4.69, 9.17) is 4.42 Å². The zero-order chi connectivity index (χ0) is 17.6. The quantitative estimate of drug-likeness (QED) is 0.688. The fraction of sp³-hybridized carbons (Fsp3) is 0.421. The van der Waals surface area contributed by atoms with E-state index < -0.39 is 11.6 Å². The fourth-order valence-corrected chi connectivity index (χ4v) is 3.98. The number of carbonyl (C=O) groups excluding carboxylic acids is 3. The number of carbonyl (C=O) groups is 3. The van der Waals surface area contributed by atoms with Crippen LogP contribution in [0.2, 0.25) is 0 Å². The smallest absolute Gasteiger partial charge is 0.325 e. The first-order valence-electron chi connectivity index (χ1n) is 8.67. The second-order valence-electron chi connectivity index (χ2n) is 7.01. The monoisotopic (exact) mass is 340 g/mol. The Kier molecular flexibility index (Phi) is 3.63. The number of nitrogens with one attached hydrogen (secondary N) is 1. The maximum atomic E-state index is 12.9. The fourth-order valence-electron chi connectivity index (χ4n) is 3.98. The highest BCUT2D eigenvalue weighted by molar-refractivity contribution is 6.11. The first-order chi connectivity index (χ1) is 12.0. The topological polar surface area (TPSA) is 79.6 Å². The van der Waals surface area contributed by atoms with Gasteiger partial charge in [-0.1, -0.05) is 38.0 Å². The van der Waals surface area contributed by atoms with Gasteiger partial charge in [-0.05, 0) is 30.9 Å². The maximum Gasteiger partial charge on any atom is 0.325 e. The Morgan fingerprint density at radius 3 is 2.88 bits per heavy atom. The van der Waals surface area contributed by atoms with E-state index in [1.807, 2.05) is 25.1 Å². The number of benzene rings is 1. The first kappa shape index (κ1) is 15.9. The Bertz CT molecular complexity index is 838. The van der Waals surface area contributed by atoms with Gasteiger partial charge in [0.1, 0.15) is 11.1 Å². The molecule has 2 atom stereocenters. The van der Waals surface area contributed by atoms with E-state index in [1.165, 1.54) is 0 Å². The Labute approximate surface area is 145 Å². The van der Waals surface area contributed by atoms with Crippen molar-refractivity contribution in [2.75, 3.05) is 6.54 Å². The number of ketones is 1. The lowest BCUT2D eigenvalue weighted by Crippen LogP contribution is -2.54. The van der Waals surface area contributed by atoms with E-state index in [0.717, 1.165) is 29.5 Å². The van der Waals surface area contributed by atoms with Crippen molar-refractivity contribution in [1.29, 1.82) is 0 Å². The minimum Gasteiger partial charge on any atom is -0.453 e. The summed E-state index contributed by atoms with van der Waals surface area (Å²) in [6.07, 6.45) is 3.50. The van der Waals surface area contributed by atoms with Gasteiger partial charge in [0.2, 0.25) is 5.78 Å². The molecule has 3 amide bonds. The Morgan fingerprint density at radius 1 is 1.32 bits per heavy atom. The third kappa shape index (κ3) is 2.44. The van der Waals surface area contributed by atoms with Crippen molar-refractivity contribution in [2.24, 2.45) is 5.92 Å². The van der Waals surface area contributed by atoms with Crippen molar-refractivity contribution in [3.8, 4) is 0 Å². The van der Waals surface area contributed by atoms with Crippen LogP contribution >= 0.6 is 0 Å². The number of imide groups is 1. The molecule has 0 radical (unpaired) electrons. The number of Topliss-reactive ketones (excluding diaryl/α,β-unsaturated/α-hetero) is 1. The highest BCUT2D eigenvalue weighted by atomic mass is 16.3. The average Bonchev–Trinajstić information content (AvgIpc) is 3.13. The highest BCUT2D eigenvalue weighted by Crippen LogP contribution is 2.38. The highest BCUT2D eigenvalue weighted by Gasteiger charge is 2.55. The molecule has 2 fully saturated rings. The Morgan fingerprint density at radius 2 is 2.12 bits per heavy atom. The van der Waals surface area contributed by atoms with Gasteiger partial charge >= 0.3 is 6.03 Å². The molecule has 1 N–H and O–H groups in total. The molecule has 4 rings (SSSR count). The SMILES string of the molecule is CC1CCCCC12NC(=O)N(CC(=O)c1cc3ccccc3o1)C2=O. The molecule has 1 spiro atoms. The van der Waals surface area contributed by atoms with Gasteiger partial charge in [0, 0.05) is 5.39 Å². The van der Waals surface area contributed by atoms with E-state index in [1.54, 1.807) is 12.1 Å². The molecule has 2 heterocycles. The summed E-state index contributed by atoms with van der Waals surface area (Å²) >= 11 is 0. The van der Waals surface area contributed by atoms with Crippen LogP contribution in [0.25, 0.3) is 11.0 Å². The molecule has 25 heavy (non-hydrogen) atoms. The molecule has 2 aliphatic rings. The van der Waals surface area contributed by atoms with Gasteiger partial charge in [-0.2, -0.15) is 0 Å². The number of furan rings is 1.